The first-order valence-corrected chi connectivity index (χ1v) is 7.51. The molecular weight excluding hydrogens is 290 g/mol. The highest BCUT2D eigenvalue weighted by molar-refractivity contribution is 6.05. The van der Waals surface area contributed by atoms with Crippen LogP contribution < -0.4 is 15.5 Å². The standard InChI is InChI=1S/C18H19N3O2/c1-21(2)13-9-7-12(8-10-13)19-18(23)15-11-17(22)20-16-6-4-3-5-14(15)16/h3-10,15H,11H2,1-2H3,(H,19,23)(H,20,22). The normalized spacial score (nSPS) is 16.3. The summed E-state index contributed by atoms with van der Waals surface area (Å²) in [6.07, 6.45) is 0.165. The summed E-state index contributed by atoms with van der Waals surface area (Å²) in [4.78, 5) is 26.4. The van der Waals surface area contributed by atoms with Crippen LogP contribution in [0.2, 0.25) is 0 Å². The van der Waals surface area contributed by atoms with Crippen molar-refractivity contribution in [3.05, 3.63) is 54.1 Å². The highest BCUT2D eigenvalue weighted by atomic mass is 16.2. The molecule has 23 heavy (non-hydrogen) atoms. The Balaban J connectivity index is 1.79. The van der Waals surface area contributed by atoms with Crippen LogP contribution in [0.3, 0.4) is 0 Å². The predicted octanol–water partition coefficient (Wildman–Crippen LogP) is 2.82. The highest BCUT2D eigenvalue weighted by Crippen LogP contribution is 2.32. The van der Waals surface area contributed by atoms with Crippen LogP contribution in [0.4, 0.5) is 17.1 Å². The number of amides is 2. The van der Waals surface area contributed by atoms with Crippen LogP contribution in [0.15, 0.2) is 48.5 Å². The summed E-state index contributed by atoms with van der Waals surface area (Å²) in [5, 5.41) is 5.71. The van der Waals surface area contributed by atoms with E-state index in [1.165, 1.54) is 0 Å². The first kappa shape index (κ1) is 15.1. The van der Waals surface area contributed by atoms with Crippen LogP contribution in [0, 0.1) is 0 Å². The average molecular weight is 309 g/mol. The molecule has 0 aromatic heterocycles. The van der Waals surface area contributed by atoms with Crippen molar-refractivity contribution in [1.29, 1.82) is 0 Å². The van der Waals surface area contributed by atoms with Gasteiger partial charge in [0, 0.05) is 37.6 Å². The third-order valence-electron chi connectivity index (χ3n) is 3.97. The summed E-state index contributed by atoms with van der Waals surface area (Å²) in [5.41, 5.74) is 3.36. The summed E-state index contributed by atoms with van der Waals surface area (Å²) in [5.74, 6) is -0.759. The van der Waals surface area contributed by atoms with Gasteiger partial charge in [-0.3, -0.25) is 9.59 Å². The number of fused-ring (bicyclic) bond motifs is 1. The van der Waals surface area contributed by atoms with Crippen LogP contribution in [0.25, 0.3) is 0 Å². The quantitative estimate of drug-likeness (QED) is 0.916. The third kappa shape index (κ3) is 3.18. The van der Waals surface area contributed by atoms with Gasteiger partial charge < -0.3 is 15.5 Å². The first-order valence-electron chi connectivity index (χ1n) is 7.51. The van der Waals surface area contributed by atoms with Crippen molar-refractivity contribution in [3.8, 4) is 0 Å². The van der Waals surface area contributed by atoms with E-state index >= 15 is 0 Å². The minimum atomic E-state index is -0.464. The first-order chi connectivity index (χ1) is 11.0. The van der Waals surface area contributed by atoms with Crippen molar-refractivity contribution in [1.82, 2.24) is 0 Å². The second-order valence-electron chi connectivity index (χ2n) is 5.82. The molecule has 1 unspecified atom stereocenters. The van der Waals surface area contributed by atoms with Crippen molar-refractivity contribution < 1.29 is 9.59 Å². The van der Waals surface area contributed by atoms with Gasteiger partial charge >= 0.3 is 0 Å². The average Bonchev–Trinajstić information content (AvgIpc) is 2.54. The number of carbonyl (C=O) groups excluding carboxylic acids is 2. The second-order valence-corrected chi connectivity index (χ2v) is 5.82. The summed E-state index contributed by atoms with van der Waals surface area (Å²) in [7, 11) is 3.93. The topological polar surface area (TPSA) is 61.4 Å². The highest BCUT2D eigenvalue weighted by Gasteiger charge is 2.30. The van der Waals surface area contributed by atoms with E-state index in [2.05, 4.69) is 10.6 Å². The Labute approximate surface area is 135 Å². The number of nitrogens with zero attached hydrogens (tertiary/aromatic N) is 1. The Morgan fingerprint density at radius 3 is 2.52 bits per heavy atom. The number of nitrogens with one attached hydrogen (secondary N) is 2. The molecule has 0 fully saturated rings. The lowest BCUT2D eigenvalue weighted by molar-refractivity contribution is -0.123. The van der Waals surface area contributed by atoms with Gasteiger partial charge in [-0.1, -0.05) is 18.2 Å². The largest absolute Gasteiger partial charge is 0.378 e. The van der Waals surface area contributed by atoms with Gasteiger partial charge in [-0.25, -0.2) is 0 Å². The minimum absolute atomic E-state index is 0.133. The Bertz CT molecular complexity index is 738. The molecule has 0 saturated carbocycles. The Morgan fingerprint density at radius 2 is 1.83 bits per heavy atom. The molecule has 1 atom stereocenters. The van der Waals surface area contributed by atoms with Gasteiger partial charge in [0.05, 0.1) is 5.92 Å². The van der Waals surface area contributed by atoms with Gasteiger partial charge in [0.15, 0.2) is 0 Å². The van der Waals surface area contributed by atoms with Gasteiger partial charge in [0.25, 0.3) is 0 Å². The number of hydrogen-bond acceptors (Lipinski definition) is 3. The van der Waals surface area contributed by atoms with Crippen LogP contribution in [-0.2, 0) is 9.59 Å². The van der Waals surface area contributed by atoms with Crippen molar-refractivity contribution in [2.24, 2.45) is 0 Å². The van der Waals surface area contributed by atoms with Crippen molar-refractivity contribution >= 4 is 28.9 Å². The molecule has 118 valence electrons. The lowest BCUT2D eigenvalue weighted by atomic mass is 9.90. The molecule has 2 amide bonds. The van der Waals surface area contributed by atoms with E-state index in [-0.39, 0.29) is 18.2 Å². The Kier molecular flexibility index (Phi) is 4.02. The fourth-order valence-electron chi connectivity index (χ4n) is 2.72. The molecule has 5 nitrogen and oxygen atoms in total. The van der Waals surface area contributed by atoms with Crippen molar-refractivity contribution in [2.75, 3.05) is 29.6 Å². The lowest BCUT2D eigenvalue weighted by Gasteiger charge is -2.24. The van der Waals surface area contributed by atoms with Crippen LogP contribution in [-0.4, -0.2) is 25.9 Å². The summed E-state index contributed by atoms with van der Waals surface area (Å²) >= 11 is 0. The Morgan fingerprint density at radius 1 is 1.13 bits per heavy atom. The van der Waals surface area contributed by atoms with E-state index in [1.54, 1.807) is 0 Å². The maximum absolute atomic E-state index is 12.6. The van der Waals surface area contributed by atoms with Crippen LogP contribution >= 0.6 is 0 Å². The molecule has 0 spiro atoms. The van der Waals surface area contributed by atoms with E-state index in [0.717, 1.165) is 16.9 Å². The van der Waals surface area contributed by atoms with E-state index in [4.69, 9.17) is 0 Å². The molecule has 1 aliphatic rings. The molecule has 2 aromatic carbocycles. The molecule has 0 aliphatic carbocycles. The number of para-hydroxylation sites is 1. The lowest BCUT2D eigenvalue weighted by Crippen LogP contribution is -2.30. The maximum atomic E-state index is 12.6. The molecule has 2 N–H and O–H groups in total. The zero-order valence-corrected chi connectivity index (χ0v) is 13.2. The third-order valence-corrected chi connectivity index (χ3v) is 3.97. The minimum Gasteiger partial charge on any atom is -0.378 e. The number of anilines is 3. The van der Waals surface area contributed by atoms with Gasteiger partial charge in [-0.15, -0.1) is 0 Å². The van der Waals surface area contributed by atoms with Crippen molar-refractivity contribution in [2.45, 2.75) is 12.3 Å². The van der Waals surface area contributed by atoms with Gasteiger partial charge in [0.1, 0.15) is 0 Å². The molecular formula is C18H19N3O2. The second kappa shape index (κ2) is 6.12. The molecule has 0 radical (unpaired) electrons. The van der Waals surface area contributed by atoms with Gasteiger partial charge in [-0.2, -0.15) is 0 Å². The van der Waals surface area contributed by atoms with Crippen molar-refractivity contribution in [3.63, 3.8) is 0 Å². The van der Waals surface area contributed by atoms with Gasteiger partial charge in [-0.05, 0) is 35.9 Å². The summed E-state index contributed by atoms with van der Waals surface area (Å²) in [6, 6.07) is 15.0. The monoisotopic (exact) mass is 309 g/mol. The van der Waals surface area contributed by atoms with E-state index in [9.17, 15) is 9.59 Å². The van der Waals surface area contributed by atoms with E-state index in [1.807, 2.05) is 67.5 Å². The molecule has 0 saturated heterocycles. The van der Waals surface area contributed by atoms with Gasteiger partial charge in [0.2, 0.25) is 11.8 Å². The fourth-order valence-corrected chi connectivity index (χ4v) is 2.72. The molecule has 0 bridgehead atoms. The predicted molar refractivity (Wildman–Crippen MR) is 91.8 cm³/mol. The number of hydrogen-bond donors (Lipinski definition) is 2. The summed E-state index contributed by atoms with van der Waals surface area (Å²) in [6.45, 7) is 0. The van der Waals surface area contributed by atoms with E-state index in [0.29, 0.717) is 5.69 Å². The smallest absolute Gasteiger partial charge is 0.232 e. The zero-order valence-electron chi connectivity index (χ0n) is 13.2. The van der Waals surface area contributed by atoms with E-state index < -0.39 is 5.92 Å². The number of benzene rings is 2. The molecule has 1 aliphatic heterocycles. The number of rotatable bonds is 3. The molecule has 1 heterocycles. The van der Waals surface area contributed by atoms with Crippen LogP contribution in [0.5, 0.6) is 0 Å². The number of carbonyl (C=O) groups is 2. The van der Waals surface area contributed by atoms with Crippen LogP contribution in [0.1, 0.15) is 17.9 Å². The summed E-state index contributed by atoms with van der Waals surface area (Å²) < 4.78 is 0. The Hall–Kier alpha value is -2.82. The SMILES string of the molecule is CN(C)c1ccc(NC(=O)C2CC(=O)Nc3ccccc32)cc1. The molecule has 5 heteroatoms. The zero-order chi connectivity index (χ0) is 16.4. The fraction of sp³-hybridized carbons (Fsp3) is 0.222. The molecule has 2 aromatic rings. The maximum Gasteiger partial charge on any atom is 0.232 e. The molecule has 3 rings (SSSR count).